The van der Waals surface area contributed by atoms with Crippen LogP contribution in [0.4, 0.5) is 0 Å². The van der Waals surface area contributed by atoms with Gasteiger partial charge in [-0.05, 0) is 13.0 Å². The lowest BCUT2D eigenvalue weighted by Crippen LogP contribution is -2.03. The highest BCUT2D eigenvalue weighted by atomic mass is 16.5. The van der Waals surface area contributed by atoms with Gasteiger partial charge in [-0.25, -0.2) is 4.79 Å². The maximum atomic E-state index is 10.5. The Kier molecular flexibility index (Phi) is 3.44. The monoisotopic (exact) mass is 125 g/mol. The predicted octanol–water partition coefficient (Wildman–Crippen LogP) is 1.09. The fourth-order valence-corrected chi connectivity index (χ4v) is 0.247. The lowest BCUT2D eigenvalue weighted by molar-refractivity contribution is -0.137. The molecule has 0 N–H and O–H groups in total. The van der Waals surface area contributed by atoms with E-state index in [0.29, 0.717) is 5.57 Å². The Bertz CT molecular complexity index is 136. The van der Waals surface area contributed by atoms with Gasteiger partial charge >= 0.3 is 5.97 Å². The second-order valence-electron chi connectivity index (χ2n) is 1.61. The van der Waals surface area contributed by atoms with Crippen LogP contribution >= 0.6 is 0 Å². The summed E-state index contributed by atoms with van der Waals surface area (Å²) in [6.07, 6.45) is 1.26. The van der Waals surface area contributed by atoms with Gasteiger partial charge in [-0.15, -0.1) is 0 Å². The molecule has 0 aromatic heterocycles. The van der Waals surface area contributed by atoms with E-state index in [9.17, 15) is 4.79 Å². The van der Waals surface area contributed by atoms with Crippen molar-refractivity contribution in [3.05, 3.63) is 24.8 Å². The summed E-state index contributed by atoms with van der Waals surface area (Å²) >= 11 is 0. The highest BCUT2D eigenvalue weighted by Crippen LogP contribution is 1.90. The van der Waals surface area contributed by atoms with Gasteiger partial charge in [0.25, 0.3) is 0 Å². The molecular weight excluding hydrogens is 116 g/mol. The topological polar surface area (TPSA) is 26.3 Å². The summed E-state index contributed by atoms with van der Waals surface area (Å²) in [6, 6.07) is 0. The third-order valence-electron chi connectivity index (χ3n) is 0.659. The molecule has 49 valence electrons. The molecule has 9 heavy (non-hydrogen) atoms. The summed E-state index contributed by atoms with van der Waals surface area (Å²) in [5.41, 5.74) is 0.386. The van der Waals surface area contributed by atoms with Crippen LogP contribution in [0, 0.1) is 6.58 Å². The van der Waals surface area contributed by atoms with Crippen LogP contribution in [0.3, 0.4) is 0 Å². The van der Waals surface area contributed by atoms with Gasteiger partial charge < -0.3 is 4.74 Å². The van der Waals surface area contributed by atoms with Crippen molar-refractivity contribution in [2.45, 2.75) is 6.92 Å². The van der Waals surface area contributed by atoms with Crippen molar-refractivity contribution in [2.75, 3.05) is 6.61 Å². The predicted molar refractivity (Wildman–Crippen MR) is 34.6 cm³/mol. The van der Waals surface area contributed by atoms with E-state index in [0.717, 1.165) is 0 Å². The molecular formula is C7H9O2. The van der Waals surface area contributed by atoms with E-state index in [4.69, 9.17) is 6.58 Å². The Balaban J connectivity index is 3.51. The van der Waals surface area contributed by atoms with E-state index < -0.39 is 5.97 Å². The number of esters is 1. The Morgan fingerprint density at radius 3 is 2.78 bits per heavy atom. The molecule has 0 fully saturated rings. The Labute approximate surface area is 54.8 Å². The molecule has 0 aliphatic rings. The first kappa shape index (κ1) is 7.95. The van der Waals surface area contributed by atoms with Crippen molar-refractivity contribution in [3.63, 3.8) is 0 Å². The van der Waals surface area contributed by atoms with Crippen LogP contribution in [0.15, 0.2) is 18.2 Å². The second-order valence-corrected chi connectivity index (χ2v) is 1.61. The van der Waals surface area contributed by atoms with E-state index in [1.807, 2.05) is 0 Å². The van der Waals surface area contributed by atoms with E-state index in [1.165, 1.54) is 6.08 Å². The summed E-state index contributed by atoms with van der Waals surface area (Å²) in [5, 5.41) is 0. The largest absolute Gasteiger partial charge is 0.458 e. The minimum Gasteiger partial charge on any atom is -0.458 e. The Morgan fingerprint density at radius 1 is 1.89 bits per heavy atom. The zero-order chi connectivity index (χ0) is 7.28. The molecule has 0 aromatic rings. The lowest BCUT2D eigenvalue weighted by atomic mass is 10.4. The van der Waals surface area contributed by atoms with Gasteiger partial charge in [0, 0.05) is 5.57 Å². The van der Waals surface area contributed by atoms with Gasteiger partial charge in [0.2, 0.25) is 0 Å². The third kappa shape index (κ3) is 3.53. The average Bonchev–Trinajstić information content (AvgIpc) is 1.82. The summed E-state index contributed by atoms with van der Waals surface area (Å²) in [7, 11) is 0. The van der Waals surface area contributed by atoms with E-state index in [2.05, 4.69) is 11.3 Å². The fourth-order valence-electron chi connectivity index (χ4n) is 0.247. The first-order chi connectivity index (χ1) is 4.18. The van der Waals surface area contributed by atoms with Crippen molar-refractivity contribution in [3.8, 4) is 0 Å². The summed E-state index contributed by atoms with van der Waals surface area (Å²) < 4.78 is 4.53. The SMILES string of the molecule is [CH]=CCOC(=O)C(=C)C. The van der Waals surface area contributed by atoms with Crippen molar-refractivity contribution < 1.29 is 9.53 Å². The summed E-state index contributed by atoms with van der Waals surface area (Å²) in [6.45, 7) is 10.1. The van der Waals surface area contributed by atoms with E-state index >= 15 is 0 Å². The van der Waals surface area contributed by atoms with Crippen LogP contribution in [-0.2, 0) is 9.53 Å². The van der Waals surface area contributed by atoms with Crippen LogP contribution in [-0.4, -0.2) is 12.6 Å². The van der Waals surface area contributed by atoms with Crippen molar-refractivity contribution in [2.24, 2.45) is 0 Å². The molecule has 0 saturated heterocycles. The van der Waals surface area contributed by atoms with Crippen LogP contribution < -0.4 is 0 Å². The lowest BCUT2D eigenvalue weighted by Gasteiger charge is -1.97. The highest BCUT2D eigenvalue weighted by molar-refractivity contribution is 5.86. The smallest absolute Gasteiger partial charge is 0.333 e. The molecule has 0 aliphatic heterocycles. The van der Waals surface area contributed by atoms with Gasteiger partial charge in [0.1, 0.15) is 6.61 Å². The first-order valence-corrected chi connectivity index (χ1v) is 2.54. The molecule has 0 unspecified atom stereocenters. The zero-order valence-corrected chi connectivity index (χ0v) is 5.39. The van der Waals surface area contributed by atoms with Gasteiger partial charge in [-0.2, -0.15) is 0 Å². The fraction of sp³-hybridized carbons (Fsp3) is 0.286. The maximum Gasteiger partial charge on any atom is 0.333 e. The minimum absolute atomic E-state index is 0.145. The molecule has 0 saturated carbocycles. The molecule has 2 nitrogen and oxygen atoms in total. The molecule has 0 heterocycles. The Hall–Kier alpha value is -1.05. The molecule has 0 atom stereocenters. The van der Waals surface area contributed by atoms with Gasteiger partial charge in [-0.3, -0.25) is 0 Å². The van der Waals surface area contributed by atoms with Gasteiger partial charge in [0.05, 0.1) is 0 Å². The minimum atomic E-state index is -0.406. The van der Waals surface area contributed by atoms with Crippen LogP contribution in [0.1, 0.15) is 6.92 Å². The normalized spacial score (nSPS) is 8.11. The highest BCUT2D eigenvalue weighted by Gasteiger charge is 1.98. The maximum absolute atomic E-state index is 10.5. The summed E-state index contributed by atoms with van der Waals surface area (Å²) in [5.74, 6) is -0.406. The van der Waals surface area contributed by atoms with E-state index in [-0.39, 0.29) is 6.61 Å². The molecule has 0 spiro atoms. The van der Waals surface area contributed by atoms with E-state index in [1.54, 1.807) is 6.92 Å². The molecule has 0 bridgehead atoms. The molecule has 2 heteroatoms. The van der Waals surface area contributed by atoms with Crippen molar-refractivity contribution >= 4 is 5.97 Å². The number of carbonyl (C=O) groups excluding carboxylic acids is 1. The molecule has 0 amide bonds. The van der Waals surface area contributed by atoms with Crippen LogP contribution in [0.5, 0.6) is 0 Å². The second kappa shape index (κ2) is 3.89. The average molecular weight is 125 g/mol. The number of hydrogen-bond donors (Lipinski definition) is 0. The quantitative estimate of drug-likeness (QED) is 0.417. The van der Waals surface area contributed by atoms with Crippen molar-refractivity contribution in [1.82, 2.24) is 0 Å². The zero-order valence-electron chi connectivity index (χ0n) is 5.39. The van der Waals surface area contributed by atoms with Gasteiger partial charge in [0.15, 0.2) is 0 Å². The Morgan fingerprint density at radius 2 is 2.44 bits per heavy atom. The molecule has 1 radical (unpaired) electrons. The number of hydrogen-bond acceptors (Lipinski definition) is 2. The van der Waals surface area contributed by atoms with Crippen LogP contribution in [0.2, 0.25) is 0 Å². The molecule has 0 aliphatic carbocycles. The van der Waals surface area contributed by atoms with Crippen LogP contribution in [0.25, 0.3) is 0 Å². The number of rotatable bonds is 3. The molecule has 0 rings (SSSR count). The number of ether oxygens (including phenoxy) is 1. The summed E-state index contributed by atoms with van der Waals surface area (Å²) in [4.78, 5) is 10.5. The standard InChI is InChI=1S/C7H9O2/c1-4-5-9-7(8)6(2)3/h1,4H,2,5H2,3H3. The van der Waals surface area contributed by atoms with Crippen molar-refractivity contribution in [1.29, 1.82) is 0 Å². The number of carbonyl (C=O) groups is 1. The first-order valence-electron chi connectivity index (χ1n) is 2.54. The third-order valence-corrected chi connectivity index (χ3v) is 0.659. The van der Waals surface area contributed by atoms with Gasteiger partial charge in [-0.1, -0.05) is 13.2 Å². The molecule has 0 aromatic carbocycles.